The maximum absolute atomic E-state index is 14.0. The van der Waals surface area contributed by atoms with Gasteiger partial charge in [-0.1, -0.05) is 37.6 Å². The zero-order valence-corrected chi connectivity index (χ0v) is 19.9. The van der Waals surface area contributed by atoms with Gasteiger partial charge in [0.15, 0.2) is 23.1 Å². The summed E-state index contributed by atoms with van der Waals surface area (Å²) in [5.41, 5.74) is -0.617. The van der Waals surface area contributed by atoms with Crippen LogP contribution >= 0.6 is 0 Å². The van der Waals surface area contributed by atoms with Crippen molar-refractivity contribution in [2.45, 2.75) is 53.9 Å². The average Bonchev–Trinajstić information content (AvgIpc) is 2.85. The number of allylic oxidation sites excluding steroid dienone is 4. The molecule has 0 unspecified atom stereocenters. The molecule has 6 nitrogen and oxygen atoms in total. The molecule has 1 aromatic carbocycles. The Bertz CT molecular complexity index is 1120. The number of carbonyl (C=O) groups is 3. The molecule has 2 aliphatic rings. The SMILES string of the molecule is C=C(C)[C@H]1C[C@]2(CC=C(C)C)CC(=O)[C@@H](C(=O)/C(=C(/O)c3ccc(O)c(O)c3)C2=O)C1(C)C. The number of ketones is 3. The lowest BCUT2D eigenvalue weighted by molar-refractivity contribution is -0.135. The van der Waals surface area contributed by atoms with Gasteiger partial charge in [-0.25, -0.2) is 0 Å². The van der Waals surface area contributed by atoms with Gasteiger partial charge in [-0.3, -0.25) is 14.4 Å². The molecule has 2 fully saturated rings. The standard InChI is InChI=1S/C27H32O6/c1-14(2)9-10-27-12-17(15(3)4)26(5,6)22(20(30)13-27)24(32)21(25(27)33)23(31)16-7-8-18(28)19(29)11-16/h7-9,11,17,22,28-29,31H,3,10,12-13H2,1-2,4-6H3/b23-21-/t17-,22+,27-/m1/s1. The molecule has 33 heavy (non-hydrogen) atoms. The Balaban J connectivity index is 2.35. The summed E-state index contributed by atoms with van der Waals surface area (Å²) in [5.74, 6) is -4.40. The lowest BCUT2D eigenvalue weighted by atomic mass is 9.59. The molecule has 3 atom stereocenters. The molecule has 2 saturated carbocycles. The van der Waals surface area contributed by atoms with E-state index >= 15 is 0 Å². The molecule has 2 bridgehead atoms. The van der Waals surface area contributed by atoms with Crippen LogP contribution in [0.15, 0.2) is 47.6 Å². The van der Waals surface area contributed by atoms with E-state index in [0.717, 1.165) is 17.2 Å². The van der Waals surface area contributed by atoms with Crippen LogP contribution in [0.5, 0.6) is 11.5 Å². The second kappa shape index (κ2) is 8.32. The molecule has 0 heterocycles. The van der Waals surface area contributed by atoms with Crippen molar-refractivity contribution >= 4 is 23.1 Å². The number of benzene rings is 1. The maximum Gasteiger partial charge on any atom is 0.181 e. The molecule has 0 radical (unpaired) electrons. The van der Waals surface area contributed by atoms with Gasteiger partial charge < -0.3 is 15.3 Å². The van der Waals surface area contributed by atoms with Gasteiger partial charge in [0.05, 0.1) is 5.92 Å². The summed E-state index contributed by atoms with van der Waals surface area (Å²) < 4.78 is 0. The fraction of sp³-hybridized carbons (Fsp3) is 0.444. The first kappa shape index (κ1) is 24.5. The van der Waals surface area contributed by atoms with E-state index in [-0.39, 0.29) is 30.1 Å². The van der Waals surface area contributed by atoms with E-state index < -0.39 is 51.1 Å². The number of rotatable bonds is 4. The summed E-state index contributed by atoms with van der Waals surface area (Å²) in [6.07, 6.45) is 2.41. The van der Waals surface area contributed by atoms with Gasteiger partial charge in [-0.2, -0.15) is 0 Å². The lowest BCUT2D eigenvalue weighted by Crippen LogP contribution is -2.45. The molecule has 0 aliphatic heterocycles. The van der Waals surface area contributed by atoms with Crippen molar-refractivity contribution in [2.24, 2.45) is 22.7 Å². The minimum absolute atomic E-state index is 0.0149. The van der Waals surface area contributed by atoms with Crippen LogP contribution in [0.2, 0.25) is 0 Å². The molecule has 0 saturated heterocycles. The Morgan fingerprint density at radius 3 is 2.30 bits per heavy atom. The third-order valence-corrected chi connectivity index (χ3v) is 7.27. The van der Waals surface area contributed by atoms with E-state index in [4.69, 9.17) is 0 Å². The first-order chi connectivity index (χ1) is 15.2. The molecule has 3 rings (SSSR count). The fourth-order valence-corrected chi connectivity index (χ4v) is 5.45. The monoisotopic (exact) mass is 452 g/mol. The second-order valence-electron chi connectivity index (χ2n) is 10.4. The highest BCUT2D eigenvalue weighted by atomic mass is 16.3. The second-order valence-corrected chi connectivity index (χ2v) is 10.4. The number of hydrogen-bond acceptors (Lipinski definition) is 6. The molecule has 0 aromatic heterocycles. The molecule has 6 heteroatoms. The third-order valence-electron chi connectivity index (χ3n) is 7.27. The van der Waals surface area contributed by atoms with Crippen molar-refractivity contribution in [1.29, 1.82) is 0 Å². The van der Waals surface area contributed by atoms with Crippen molar-refractivity contribution in [1.82, 2.24) is 0 Å². The maximum atomic E-state index is 14.0. The summed E-state index contributed by atoms with van der Waals surface area (Å²) in [6, 6.07) is 3.56. The summed E-state index contributed by atoms with van der Waals surface area (Å²) >= 11 is 0. The summed E-state index contributed by atoms with van der Waals surface area (Å²) in [5, 5.41) is 30.6. The number of Topliss-reactive ketones (excluding diaryl/α,β-unsaturated/α-hetero) is 3. The molecular weight excluding hydrogens is 420 g/mol. The van der Waals surface area contributed by atoms with Gasteiger partial charge >= 0.3 is 0 Å². The highest BCUT2D eigenvalue weighted by Gasteiger charge is 2.60. The van der Waals surface area contributed by atoms with E-state index in [2.05, 4.69) is 6.58 Å². The Morgan fingerprint density at radius 1 is 1.12 bits per heavy atom. The number of aliphatic hydroxyl groups is 1. The fourth-order valence-electron chi connectivity index (χ4n) is 5.45. The summed E-state index contributed by atoms with van der Waals surface area (Å²) in [4.78, 5) is 41.3. The van der Waals surface area contributed by atoms with Gasteiger partial charge in [0, 0.05) is 17.4 Å². The largest absolute Gasteiger partial charge is 0.506 e. The van der Waals surface area contributed by atoms with Crippen LogP contribution in [0.4, 0.5) is 0 Å². The minimum atomic E-state index is -1.20. The van der Waals surface area contributed by atoms with Gasteiger partial charge in [-0.05, 0) is 63.1 Å². The number of phenolic OH excluding ortho intramolecular Hbond substituents is 2. The van der Waals surface area contributed by atoms with Crippen LogP contribution in [0, 0.1) is 22.7 Å². The van der Waals surface area contributed by atoms with E-state index in [9.17, 15) is 29.7 Å². The first-order valence-corrected chi connectivity index (χ1v) is 11.1. The summed E-state index contributed by atoms with van der Waals surface area (Å²) in [6.45, 7) is 13.5. The number of carbonyl (C=O) groups excluding carboxylic acids is 3. The van der Waals surface area contributed by atoms with Crippen LogP contribution in [-0.4, -0.2) is 32.7 Å². The Labute approximate surface area is 194 Å². The smallest absolute Gasteiger partial charge is 0.181 e. The number of aliphatic hydroxyl groups excluding tert-OH is 1. The third kappa shape index (κ3) is 4.03. The average molecular weight is 453 g/mol. The number of hydrogen-bond donors (Lipinski definition) is 3. The number of fused-ring (bicyclic) bond motifs is 3. The highest BCUT2D eigenvalue weighted by molar-refractivity contribution is 6.32. The normalized spacial score (nSPS) is 28.2. The van der Waals surface area contributed by atoms with E-state index in [1.165, 1.54) is 12.1 Å². The van der Waals surface area contributed by atoms with Crippen LogP contribution in [0.1, 0.15) is 59.4 Å². The molecule has 0 spiro atoms. The van der Waals surface area contributed by atoms with Crippen molar-refractivity contribution in [3.8, 4) is 11.5 Å². The van der Waals surface area contributed by atoms with Crippen molar-refractivity contribution < 1.29 is 29.7 Å². The van der Waals surface area contributed by atoms with E-state index in [0.29, 0.717) is 6.42 Å². The topological polar surface area (TPSA) is 112 Å². The quantitative estimate of drug-likeness (QED) is 0.147. The Kier molecular flexibility index (Phi) is 6.18. The zero-order valence-electron chi connectivity index (χ0n) is 19.9. The van der Waals surface area contributed by atoms with Crippen LogP contribution in [0.3, 0.4) is 0 Å². The molecule has 0 amide bonds. The Hall–Kier alpha value is -3.15. The molecule has 2 aliphatic carbocycles. The predicted molar refractivity (Wildman–Crippen MR) is 126 cm³/mol. The van der Waals surface area contributed by atoms with Gasteiger partial charge in [-0.15, -0.1) is 0 Å². The van der Waals surface area contributed by atoms with Gasteiger partial charge in [0.1, 0.15) is 17.1 Å². The van der Waals surface area contributed by atoms with E-state index in [1.54, 1.807) is 0 Å². The van der Waals surface area contributed by atoms with Crippen LogP contribution in [0.25, 0.3) is 5.76 Å². The van der Waals surface area contributed by atoms with Crippen LogP contribution < -0.4 is 0 Å². The Morgan fingerprint density at radius 2 is 1.76 bits per heavy atom. The van der Waals surface area contributed by atoms with Crippen molar-refractivity contribution in [2.75, 3.05) is 0 Å². The van der Waals surface area contributed by atoms with Crippen molar-refractivity contribution in [3.63, 3.8) is 0 Å². The van der Waals surface area contributed by atoms with Gasteiger partial charge in [0.2, 0.25) is 0 Å². The molecule has 1 aromatic rings. The zero-order chi connectivity index (χ0) is 24.9. The number of phenols is 2. The molecule has 176 valence electrons. The molecular formula is C27H32O6. The first-order valence-electron chi connectivity index (χ1n) is 11.1. The molecule has 3 N–H and O–H groups in total. The number of aromatic hydroxyl groups is 2. The highest BCUT2D eigenvalue weighted by Crippen LogP contribution is 2.56. The van der Waals surface area contributed by atoms with Gasteiger partial charge in [0.25, 0.3) is 0 Å². The van der Waals surface area contributed by atoms with Crippen LogP contribution in [-0.2, 0) is 14.4 Å². The minimum Gasteiger partial charge on any atom is -0.506 e. The summed E-state index contributed by atoms with van der Waals surface area (Å²) in [7, 11) is 0. The lowest BCUT2D eigenvalue weighted by Gasteiger charge is -2.42. The van der Waals surface area contributed by atoms with Crippen molar-refractivity contribution in [3.05, 3.63) is 53.1 Å². The van der Waals surface area contributed by atoms with E-state index in [1.807, 2.05) is 40.7 Å². The predicted octanol–water partition coefficient (Wildman–Crippen LogP) is 5.06.